The van der Waals surface area contributed by atoms with Crippen molar-refractivity contribution in [2.24, 2.45) is 0 Å². The van der Waals surface area contributed by atoms with E-state index in [4.69, 9.17) is 5.11 Å². The lowest BCUT2D eigenvalue weighted by molar-refractivity contribution is 0.475. The Kier molecular flexibility index (Phi) is 9.83. The Morgan fingerprint density at radius 1 is 1.00 bits per heavy atom. The molecule has 0 spiro atoms. The Hall–Kier alpha value is -0.220. The van der Waals surface area contributed by atoms with Crippen molar-refractivity contribution in [2.45, 2.75) is 25.7 Å². The van der Waals surface area contributed by atoms with Gasteiger partial charge in [-0.15, -0.1) is 17.0 Å². The third kappa shape index (κ3) is 7.12. The van der Waals surface area contributed by atoms with Gasteiger partial charge in [-0.05, 0) is 37.1 Å². The van der Waals surface area contributed by atoms with E-state index in [0.29, 0.717) is 5.75 Å². The van der Waals surface area contributed by atoms with Gasteiger partial charge in [-0.2, -0.15) is 0 Å². The first-order chi connectivity index (χ1) is 7.33. The highest BCUT2D eigenvalue weighted by Gasteiger charge is 1.92. The molecule has 2 N–H and O–H groups in total. The lowest BCUT2D eigenvalue weighted by atomic mass is 10.2. The molecule has 0 aromatic heterocycles. The van der Waals surface area contributed by atoms with Gasteiger partial charge >= 0.3 is 0 Å². The van der Waals surface area contributed by atoms with Gasteiger partial charge in [0.1, 0.15) is 5.75 Å². The quantitative estimate of drug-likeness (QED) is 0.434. The van der Waals surface area contributed by atoms with Gasteiger partial charge in [0.25, 0.3) is 0 Å². The summed E-state index contributed by atoms with van der Waals surface area (Å²) < 4.78 is 0. The molecule has 0 saturated heterocycles. The summed E-state index contributed by atoms with van der Waals surface area (Å²) in [5.74, 6) is 0.317. The van der Waals surface area contributed by atoms with Gasteiger partial charge in [-0.3, -0.25) is 0 Å². The molecule has 92 valence electrons. The maximum absolute atomic E-state index is 9.09. The van der Waals surface area contributed by atoms with Crippen LogP contribution in [0.15, 0.2) is 24.3 Å². The number of hydrogen-bond acceptors (Lipinski definition) is 2. The molecule has 0 fully saturated rings. The standard InChI is InChI=1S/C12H18BrNO.BrH/c13-9-3-1-2-4-10-14-11-5-7-12(15)8-6-11;/h5-8,14-15H,1-4,9-10H2;1H. The van der Waals surface area contributed by atoms with Gasteiger partial charge in [-0.1, -0.05) is 28.8 Å². The normalized spacial score (nSPS) is 9.56. The lowest BCUT2D eigenvalue weighted by Gasteiger charge is -2.05. The van der Waals surface area contributed by atoms with Crippen molar-refractivity contribution in [1.29, 1.82) is 0 Å². The molecular weight excluding hydrogens is 334 g/mol. The number of rotatable bonds is 7. The fourth-order valence-corrected chi connectivity index (χ4v) is 1.78. The fraction of sp³-hybridized carbons (Fsp3) is 0.500. The van der Waals surface area contributed by atoms with Crippen LogP contribution in [0.4, 0.5) is 5.69 Å². The van der Waals surface area contributed by atoms with E-state index in [1.54, 1.807) is 12.1 Å². The molecule has 0 heterocycles. The second-order valence-electron chi connectivity index (χ2n) is 3.58. The average Bonchev–Trinajstić information content (AvgIpc) is 2.26. The van der Waals surface area contributed by atoms with Crippen LogP contribution >= 0.6 is 32.9 Å². The molecule has 0 unspecified atom stereocenters. The van der Waals surface area contributed by atoms with E-state index in [0.717, 1.165) is 17.6 Å². The largest absolute Gasteiger partial charge is 0.508 e. The van der Waals surface area contributed by atoms with E-state index in [1.165, 1.54) is 25.7 Å². The lowest BCUT2D eigenvalue weighted by Crippen LogP contribution is -2.00. The Morgan fingerprint density at radius 3 is 2.25 bits per heavy atom. The number of aromatic hydroxyl groups is 1. The SMILES string of the molecule is Br.Oc1ccc(NCCCCCCBr)cc1. The molecule has 0 atom stereocenters. The first kappa shape index (κ1) is 15.8. The molecule has 1 aromatic rings. The zero-order valence-corrected chi connectivity index (χ0v) is 12.6. The third-order valence-electron chi connectivity index (χ3n) is 2.26. The summed E-state index contributed by atoms with van der Waals surface area (Å²) in [6.45, 7) is 1.01. The van der Waals surface area contributed by atoms with Gasteiger partial charge in [0.15, 0.2) is 0 Å². The third-order valence-corrected chi connectivity index (χ3v) is 2.82. The molecule has 0 radical (unpaired) electrons. The summed E-state index contributed by atoms with van der Waals surface area (Å²) in [7, 11) is 0. The number of phenols is 1. The highest BCUT2D eigenvalue weighted by Crippen LogP contribution is 2.13. The Morgan fingerprint density at radius 2 is 1.62 bits per heavy atom. The van der Waals surface area contributed by atoms with E-state index < -0.39 is 0 Å². The minimum absolute atomic E-state index is 0. The fourth-order valence-electron chi connectivity index (χ4n) is 1.39. The van der Waals surface area contributed by atoms with Crippen molar-refractivity contribution in [3.05, 3.63) is 24.3 Å². The number of alkyl halides is 1. The molecule has 0 amide bonds. The zero-order valence-electron chi connectivity index (χ0n) is 9.29. The van der Waals surface area contributed by atoms with Crippen LogP contribution in [0.5, 0.6) is 5.75 Å². The topological polar surface area (TPSA) is 32.3 Å². The number of unbranched alkanes of at least 4 members (excludes halogenated alkanes) is 3. The van der Waals surface area contributed by atoms with E-state index in [-0.39, 0.29) is 17.0 Å². The monoisotopic (exact) mass is 351 g/mol. The summed E-state index contributed by atoms with van der Waals surface area (Å²) in [6, 6.07) is 7.20. The molecule has 1 rings (SSSR count). The van der Waals surface area contributed by atoms with Gasteiger partial charge in [0.2, 0.25) is 0 Å². The molecule has 0 aliphatic carbocycles. The minimum Gasteiger partial charge on any atom is -0.508 e. The highest BCUT2D eigenvalue weighted by molar-refractivity contribution is 9.09. The summed E-state index contributed by atoms with van der Waals surface area (Å²) in [6.07, 6.45) is 5.03. The van der Waals surface area contributed by atoms with Gasteiger partial charge < -0.3 is 10.4 Å². The predicted octanol–water partition coefficient (Wildman–Crippen LogP) is 4.34. The maximum Gasteiger partial charge on any atom is 0.115 e. The zero-order chi connectivity index (χ0) is 10.9. The van der Waals surface area contributed by atoms with E-state index in [1.807, 2.05) is 12.1 Å². The van der Waals surface area contributed by atoms with Crippen molar-refractivity contribution in [2.75, 3.05) is 17.2 Å². The molecule has 0 aliphatic rings. The van der Waals surface area contributed by atoms with E-state index >= 15 is 0 Å². The second-order valence-corrected chi connectivity index (χ2v) is 4.37. The summed E-state index contributed by atoms with van der Waals surface area (Å²) in [4.78, 5) is 0. The van der Waals surface area contributed by atoms with Gasteiger partial charge in [0, 0.05) is 17.6 Å². The smallest absolute Gasteiger partial charge is 0.115 e. The van der Waals surface area contributed by atoms with E-state index in [9.17, 15) is 0 Å². The number of hydrogen-bond donors (Lipinski definition) is 2. The molecule has 4 heteroatoms. The van der Waals surface area contributed by atoms with Crippen LogP contribution in [0.1, 0.15) is 25.7 Å². The number of phenolic OH excluding ortho intramolecular Hbond substituents is 1. The van der Waals surface area contributed by atoms with Crippen molar-refractivity contribution >= 4 is 38.6 Å². The number of benzene rings is 1. The summed E-state index contributed by atoms with van der Waals surface area (Å²) >= 11 is 3.42. The predicted molar refractivity (Wildman–Crippen MR) is 79.2 cm³/mol. The molecule has 2 nitrogen and oxygen atoms in total. The molecule has 16 heavy (non-hydrogen) atoms. The van der Waals surface area contributed by atoms with Crippen LogP contribution in [-0.4, -0.2) is 17.0 Å². The van der Waals surface area contributed by atoms with Gasteiger partial charge in [0.05, 0.1) is 0 Å². The first-order valence-corrected chi connectivity index (χ1v) is 6.54. The van der Waals surface area contributed by atoms with Crippen LogP contribution in [0.3, 0.4) is 0 Å². The molecule has 0 aliphatic heterocycles. The second kappa shape index (κ2) is 9.97. The first-order valence-electron chi connectivity index (χ1n) is 5.42. The van der Waals surface area contributed by atoms with Crippen molar-refractivity contribution < 1.29 is 5.11 Å². The summed E-state index contributed by atoms with van der Waals surface area (Å²) in [5.41, 5.74) is 1.08. The average molecular weight is 353 g/mol. The Balaban J connectivity index is 0.00000225. The van der Waals surface area contributed by atoms with Crippen LogP contribution in [0.25, 0.3) is 0 Å². The van der Waals surface area contributed by atoms with Crippen molar-refractivity contribution in [1.82, 2.24) is 0 Å². The maximum atomic E-state index is 9.09. The van der Waals surface area contributed by atoms with Gasteiger partial charge in [-0.25, -0.2) is 0 Å². The minimum atomic E-state index is 0. The summed E-state index contributed by atoms with van der Waals surface area (Å²) in [5, 5.41) is 13.5. The number of halogens is 2. The Labute approximate surface area is 116 Å². The Bertz CT molecular complexity index is 264. The van der Waals surface area contributed by atoms with E-state index in [2.05, 4.69) is 21.2 Å². The van der Waals surface area contributed by atoms with Crippen LogP contribution in [-0.2, 0) is 0 Å². The molecule has 1 aromatic carbocycles. The van der Waals surface area contributed by atoms with Crippen molar-refractivity contribution in [3.63, 3.8) is 0 Å². The van der Waals surface area contributed by atoms with Crippen LogP contribution in [0, 0.1) is 0 Å². The molecule has 0 saturated carbocycles. The van der Waals surface area contributed by atoms with Crippen LogP contribution < -0.4 is 5.32 Å². The van der Waals surface area contributed by atoms with Crippen LogP contribution in [0.2, 0.25) is 0 Å². The molecule has 0 bridgehead atoms. The van der Waals surface area contributed by atoms with Crippen molar-refractivity contribution in [3.8, 4) is 5.75 Å². The highest BCUT2D eigenvalue weighted by atomic mass is 79.9. The number of nitrogens with one attached hydrogen (secondary N) is 1. The number of anilines is 1. The molecular formula is C12H19Br2NO.